The maximum Gasteiger partial charge on any atom is 0.123 e. The first-order valence-corrected chi connectivity index (χ1v) is 4.63. The van der Waals surface area contributed by atoms with Crippen molar-refractivity contribution in [3.8, 4) is 0 Å². The van der Waals surface area contributed by atoms with E-state index in [0.29, 0.717) is 0 Å². The molecule has 0 N–H and O–H groups in total. The van der Waals surface area contributed by atoms with Crippen molar-refractivity contribution >= 4 is 18.0 Å². The van der Waals surface area contributed by atoms with Gasteiger partial charge >= 0.3 is 0 Å². The highest BCUT2D eigenvalue weighted by molar-refractivity contribution is 6.16. The lowest BCUT2D eigenvalue weighted by Crippen LogP contribution is -1.86. The average Bonchev–Trinajstić information content (AvgIpc) is 2.80. The number of halogens is 1. The molecular weight excluding hydrogens is 191 g/mol. The largest absolute Gasteiger partial charge is 0.254 e. The molecule has 15 heavy (non-hydrogen) atoms. The van der Waals surface area contributed by atoms with Gasteiger partial charge in [-0.1, -0.05) is 12.1 Å². The molecule has 3 rings (SSSR count). The van der Waals surface area contributed by atoms with Gasteiger partial charge in [0.2, 0.25) is 0 Å². The van der Waals surface area contributed by atoms with Crippen LogP contribution in [0.1, 0.15) is 5.56 Å². The Labute approximate surface area is 86.2 Å². The van der Waals surface area contributed by atoms with Crippen LogP contribution in [0.15, 0.2) is 51.7 Å². The topological polar surface area (TPSA) is 24.7 Å². The van der Waals surface area contributed by atoms with Crippen molar-refractivity contribution in [2.24, 2.45) is 9.98 Å². The summed E-state index contributed by atoms with van der Waals surface area (Å²) in [6.45, 7) is 0. The Balaban J connectivity index is 2.12. The van der Waals surface area contributed by atoms with Gasteiger partial charge in [-0.3, -0.25) is 9.98 Å². The van der Waals surface area contributed by atoms with E-state index in [9.17, 15) is 4.39 Å². The maximum atomic E-state index is 12.8. The second kappa shape index (κ2) is 2.98. The monoisotopic (exact) mass is 198 g/mol. The number of hydrogen-bond acceptors (Lipinski definition) is 2. The van der Waals surface area contributed by atoms with Gasteiger partial charge < -0.3 is 0 Å². The second-order valence-electron chi connectivity index (χ2n) is 3.36. The van der Waals surface area contributed by atoms with Gasteiger partial charge in [0.05, 0.1) is 11.4 Å². The van der Waals surface area contributed by atoms with Gasteiger partial charge in [0.15, 0.2) is 0 Å². The summed E-state index contributed by atoms with van der Waals surface area (Å²) in [5, 5.41) is 0. The highest BCUT2D eigenvalue weighted by Crippen LogP contribution is 2.31. The zero-order chi connectivity index (χ0) is 10.3. The normalized spacial score (nSPS) is 17.3. The van der Waals surface area contributed by atoms with Gasteiger partial charge in [-0.05, 0) is 23.8 Å². The third-order valence-corrected chi connectivity index (χ3v) is 2.42. The number of nitrogens with zero attached hydrogens (tertiary/aromatic N) is 2. The fraction of sp³-hybridized carbons (Fsp3) is 0. The molecule has 2 aliphatic rings. The third kappa shape index (κ3) is 1.24. The standard InChI is InChI=1S/C12H7FN2/c13-9-3-1-8(2-4-9)10-7-15-11-5-6-14-12(10)11/h1-7H. The smallest absolute Gasteiger partial charge is 0.123 e. The molecule has 0 amide bonds. The summed E-state index contributed by atoms with van der Waals surface area (Å²) in [4.78, 5) is 8.44. The lowest BCUT2D eigenvalue weighted by molar-refractivity contribution is 0.627. The molecule has 0 bridgehead atoms. The van der Waals surface area contributed by atoms with Gasteiger partial charge in [-0.2, -0.15) is 0 Å². The minimum absolute atomic E-state index is 0.232. The lowest BCUT2D eigenvalue weighted by atomic mass is 10.1. The Bertz CT molecular complexity index is 533. The lowest BCUT2D eigenvalue weighted by Gasteiger charge is -2.00. The zero-order valence-corrected chi connectivity index (χ0v) is 7.81. The van der Waals surface area contributed by atoms with E-state index in [2.05, 4.69) is 9.98 Å². The maximum absolute atomic E-state index is 12.8. The van der Waals surface area contributed by atoms with Gasteiger partial charge in [0.25, 0.3) is 0 Å². The molecular formula is C12H7FN2. The molecule has 1 aromatic carbocycles. The molecule has 0 saturated carbocycles. The Hall–Kier alpha value is -2.03. The highest BCUT2D eigenvalue weighted by atomic mass is 19.1. The second-order valence-corrected chi connectivity index (χ2v) is 3.36. The first kappa shape index (κ1) is 8.29. The van der Waals surface area contributed by atoms with E-state index in [1.807, 2.05) is 6.08 Å². The van der Waals surface area contributed by atoms with Crippen LogP contribution < -0.4 is 0 Å². The number of hydrogen-bond donors (Lipinski definition) is 0. The van der Waals surface area contributed by atoms with Crippen molar-refractivity contribution in [2.45, 2.75) is 0 Å². The van der Waals surface area contributed by atoms with Crippen LogP contribution in [-0.4, -0.2) is 12.4 Å². The number of aliphatic imine (C=N–C) groups is 2. The van der Waals surface area contributed by atoms with Crippen LogP contribution in [0.3, 0.4) is 0 Å². The predicted octanol–water partition coefficient (Wildman–Crippen LogP) is 2.59. The Morgan fingerprint density at radius 3 is 2.60 bits per heavy atom. The van der Waals surface area contributed by atoms with Crippen molar-refractivity contribution in [1.82, 2.24) is 0 Å². The van der Waals surface area contributed by atoms with Crippen molar-refractivity contribution in [1.29, 1.82) is 0 Å². The number of allylic oxidation sites excluding steroid dienone is 2. The highest BCUT2D eigenvalue weighted by Gasteiger charge is 2.18. The molecule has 0 fully saturated rings. The number of benzene rings is 1. The molecule has 0 radical (unpaired) electrons. The van der Waals surface area contributed by atoms with E-state index in [-0.39, 0.29) is 5.82 Å². The molecule has 0 aliphatic carbocycles. The SMILES string of the molecule is Fc1ccc(C2=C3N=CC=C3N=C2)cc1. The summed E-state index contributed by atoms with van der Waals surface area (Å²) in [7, 11) is 0. The Kier molecular flexibility index (Phi) is 1.65. The van der Waals surface area contributed by atoms with E-state index in [4.69, 9.17) is 0 Å². The summed E-state index contributed by atoms with van der Waals surface area (Å²) in [6, 6.07) is 6.36. The van der Waals surface area contributed by atoms with Crippen LogP contribution in [0.5, 0.6) is 0 Å². The molecule has 0 spiro atoms. The van der Waals surface area contributed by atoms with Crippen molar-refractivity contribution in [2.75, 3.05) is 0 Å². The van der Waals surface area contributed by atoms with Crippen molar-refractivity contribution in [3.63, 3.8) is 0 Å². The molecule has 2 nitrogen and oxygen atoms in total. The minimum Gasteiger partial charge on any atom is -0.254 e. The van der Waals surface area contributed by atoms with Crippen LogP contribution in [0.2, 0.25) is 0 Å². The molecule has 0 saturated heterocycles. The molecule has 0 atom stereocenters. The number of rotatable bonds is 1. The minimum atomic E-state index is -0.232. The fourth-order valence-electron chi connectivity index (χ4n) is 1.68. The third-order valence-electron chi connectivity index (χ3n) is 2.42. The van der Waals surface area contributed by atoms with Gasteiger partial charge in [0, 0.05) is 18.0 Å². The summed E-state index contributed by atoms with van der Waals surface area (Å²) >= 11 is 0. The summed E-state index contributed by atoms with van der Waals surface area (Å²) in [5.74, 6) is -0.232. The fourth-order valence-corrected chi connectivity index (χ4v) is 1.68. The molecule has 0 aromatic heterocycles. The van der Waals surface area contributed by atoms with Gasteiger partial charge in [-0.25, -0.2) is 4.39 Å². The molecule has 3 heteroatoms. The van der Waals surface area contributed by atoms with Crippen LogP contribution in [-0.2, 0) is 0 Å². The molecule has 1 aromatic rings. The van der Waals surface area contributed by atoms with E-state index in [1.54, 1.807) is 24.6 Å². The van der Waals surface area contributed by atoms with Crippen molar-refractivity contribution in [3.05, 3.63) is 53.1 Å². The van der Waals surface area contributed by atoms with Crippen LogP contribution >= 0.6 is 0 Å². The first-order valence-electron chi connectivity index (χ1n) is 4.63. The Morgan fingerprint density at radius 2 is 1.80 bits per heavy atom. The first-order chi connectivity index (χ1) is 7.34. The van der Waals surface area contributed by atoms with E-state index >= 15 is 0 Å². The summed E-state index contributed by atoms with van der Waals surface area (Å²) < 4.78 is 12.8. The predicted molar refractivity (Wildman–Crippen MR) is 58.4 cm³/mol. The van der Waals surface area contributed by atoms with E-state index in [0.717, 1.165) is 22.5 Å². The summed E-state index contributed by atoms with van der Waals surface area (Å²) in [6.07, 6.45) is 5.36. The molecule has 72 valence electrons. The van der Waals surface area contributed by atoms with Crippen LogP contribution in [0, 0.1) is 5.82 Å². The molecule has 0 unspecified atom stereocenters. The van der Waals surface area contributed by atoms with Crippen molar-refractivity contribution < 1.29 is 4.39 Å². The van der Waals surface area contributed by atoms with E-state index < -0.39 is 0 Å². The average molecular weight is 198 g/mol. The molecule has 2 heterocycles. The quantitative estimate of drug-likeness (QED) is 0.662. The van der Waals surface area contributed by atoms with Gasteiger partial charge in [0.1, 0.15) is 5.82 Å². The zero-order valence-electron chi connectivity index (χ0n) is 7.81. The summed E-state index contributed by atoms with van der Waals surface area (Å²) in [5.41, 5.74) is 3.66. The number of fused-ring (bicyclic) bond motifs is 1. The van der Waals surface area contributed by atoms with Crippen LogP contribution in [0.4, 0.5) is 4.39 Å². The van der Waals surface area contributed by atoms with Crippen LogP contribution in [0.25, 0.3) is 5.57 Å². The molecule has 2 aliphatic heterocycles. The van der Waals surface area contributed by atoms with E-state index in [1.165, 1.54) is 12.1 Å². The Morgan fingerprint density at radius 1 is 1.00 bits per heavy atom. The van der Waals surface area contributed by atoms with Gasteiger partial charge in [-0.15, -0.1) is 0 Å².